The maximum absolute atomic E-state index is 5.58. The lowest BCUT2D eigenvalue weighted by Crippen LogP contribution is -2.23. The average Bonchev–Trinajstić information content (AvgIpc) is 2.73. The summed E-state index contributed by atoms with van der Waals surface area (Å²) in [5, 5.41) is 11.1. The highest BCUT2D eigenvalue weighted by Crippen LogP contribution is 2.16. The number of nitrogens with zero attached hydrogens (tertiary/aromatic N) is 3. The maximum Gasteiger partial charge on any atom is 0.318 e. The van der Waals surface area contributed by atoms with E-state index in [9.17, 15) is 0 Å². The van der Waals surface area contributed by atoms with E-state index in [0.29, 0.717) is 11.9 Å². The molecule has 0 aromatic carbocycles. The summed E-state index contributed by atoms with van der Waals surface area (Å²) in [5.41, 5.74) is 0. The Labute approximate surface area is 90.9 Å². The minimum Gasteiger partial charge on any atom is -0.406 e. The van der Waals surface area contributed by atoms with Crippen LogP contribution in [0, 0.1) is 0 Å². The molecule has 0 aliphatic carbocycles. The minimum atomic E-state index is 0.103. The van der Waals surface area contributed by atoms with Gasteiger partial charge in [0.25, 0.3) is 0 Å². The molecule has 0 aliphatic rings. The lowest BCUT2D eigenvalue weighted by molar-refractivity contribution is 0.430. The van der Waals surface area contributed by atoms with Crippen molar-refractivity contribution in [3.05, 3.63) is 5.89 Å². The summed E-state index contributed by atoms with van der Waals surface area (Å²) in [6, 6.07) is 0.725. The van der Waals surface area contributed by atoms with Crippen LogP contribution in [-0.2, 0) is 0 Å². The first kappa shape index (κ1) is 12.0. The van der Waals surface area contributed by atoms with Crippen LogP contribution >= 0.6 is 0 Å². The van der Waals surface area contributed by atoms with E-state index in [1.807, 2.05) is 14.0 Å². The second kappa shape index (κ2) is 5.70. The van der Waals surface area contributed by atoms with E-state index in [4.69, 9.17) is 4.42 Å². The molecule has 1 atom stereocenters. The summed E-state index contributed by atoms with van der Waals surface area (Å²) >= 11 is 0. The van der Waals surface area contributed by atoms with Crippen LogP contribution in [0.25, 0.3) is 0 Å². The number of hydrogen-bond donors (Lipinski definition) is 1. The van der Waals surface area contributed by atoms with Crippen molar-refractivity contribution in [1.82, 2.24) is 15.5 Å². The predicted molar refractivity (Wildman–Crippen MR) is 60.0 cm³/mol. The van der Waals surface area contributed by atoms with Crippen molar-refractivity contribution < 1.29 is 4.42 Å². The fraction of sp³-hybridized carbons (Fsp3) is 0.800. The quantitative estimate of drug-likeness (QED) is 0.776. The van der Waals surface area contributed by atoms with Gasteiger partial charge < -0.3 is 14.6 Å². The van der Waals surface area contributed by atoms with Gasteiger partial charge in [0.15, 0.2) is 0 Å². The third-order valence-corrected chi connectivity index (χ3v) is 2.38. The fourth-order valence-corrected chi connectivity index (χ4v) is 1.31. The van der Waals surface area contributed by atoms with E-state index < -0.39 is 0 Å². The van der Waals surface area contributed by atoms with Gasteiger partial charge in [-0.1, -0.05) is 12.0 Å². The molecule has 0 radical (unpaired) electrons. The number of aromatic nitrogens is 2. The van der Waals surface area contributed by atoms with E-state index >= 15 is 0 Å². The molecule has 0 aliphatic heterocycles. The van der Waals surface area contributed by atoms with Crippen molar-refractivity contribution in [3.63, 3.8) is 0 Å². The highest BCUT2D eigenvalue weighted by atomic mass is 16.4. The maximum atomic E-state index is 5.58. The molecule has 1 rings (SSSR count). The molecule has 0 spiro atoms. The summed E-state index contributed by atoms with van der Waals surface area (Å²) in [7, 11) is 1.87. The molecule has 1 unspecified atom stereocenters. The molecule has 0 bridgehead atoms. The van der Waals surface area contributed by atoms with Crippen LogP contribution in [0.15, 0.2) is 4.42 Å². The minimum absolute atomic E-state index is 0.103. The highest BCUT2D eigenvalue weighted by Gasteiger charge is 2.15. The zero-order valence-electron chi connectivity index (χ0n) is 9.95. The molecular formula is C10H20N4O. The zero-order chi connectivity index (χ0) is 11.3. The number of anilines is 1. The van der Waals surface area contributed by atoms with Crippen molar-refractivity contribution in [2.24, 2.45) is 0 Å². The highest BCUT2D eigenvalue weighted by molar-refractivity contribution is 5.23. The van der Waals surface area contributed by atoms with Crippen molar-refractivity contribution in [1.29, 1.82) is 0 Å². The second-order valence-corrected chi connectivity index (χ2v) is 3.51. The number of rotatable bonds is 6. The van der Waals surface area contributed by atoms with Crippen molar-refractivity contribution in [2.45, 2.75) is 33.2 Å². The molecule has 0 amide bonds. The van der Waals surface area contributed by atoms with Gasteiger partial charge in [0.2, 0.25) is 5.89 Å². The molecule has 0 fully saturated rings. The molecular weight excluding hydrogens is 192 g/mol. The van der Waals surface area contributed by atoms with E-state index in [-0.39, 0.29) is 6.04 Å². The first-order chi connectivity index (χ1) is 7.22. The molecule has 1 aromatic rings. The van der Waals surface area contributed by atoms with Crippen LogP contribution in [0.3, 0.4) is 0 Å². The topological polar surface area (TPSA) is 54.2 Å². The second-order valence-electron chi connectivity index (χ2n) is 3.51. The van der Waals surface area contributed by atoms with Crippen LogP contribution in [0.4, 0.5) is 6.01 Å². The lowest BCUT2D eigenvalue weighted by atomic mass is 10.3. The Hall–Kier alpha value is -1.10. The van der Waals surface area contributed by atoms with Crippen molar-refractivity contribution in [3.8, 4) is 0 Å². The van der Waals surface area contributed by atoms with E-state index in [1.54, 1.807) is 0 Å². The summed E-state index contributed by atoms with van der Waals surface area (Å²) in [6.45, 7) is 8.06. The zero-order valence-corrected chi connectivity index (χ0v) is 9.95. The van der Waals surface area contributed by atoms with Crippen molar-refractivity contribution >= 4 is 6.01 Å². The Morgan fingerprint density at radius 2 is 2.13 bits per heavy atom. The summed E-state index contributed by atoms with van der Waals surface area (Å²) in [5.74, 6) is 0.641. The normalized spacial score (nSPS) is 12.8. The van der Waals surface area contributed by atoms with E-state index in [2.05, 4.69) is 34.3 Å². The Kier molecular flexibility index (Phi) is 4.55. The van der Waals surface area contributed by atoms with Crippen molar-refractivity contribution in [2.75, 3.05) is 25.0 Å². The summed E-state index contributed by atoms with van der Waals surface area (Å²) in [4.78, 5) is 2.08. The average molecular weight is 212 g/mol. The van der Waals surface area contributed by atoms with Gasteiger partial charge >= 0.3 is 6.01 Å². The first-order valence-electron chi connectivity index (χ1n) is 5.48. The number of hydrogen-bond acceptors (Lipinski definition) is 5. The van der Waals surface area contributed by atoms with Gasteiger partial charge in [-0.3, -0.25) is 0 Å². The molecule has 86 valence electrons. The van der Waals surface area contributed by atoms with Gasteiger partial charge in [-0.25, -0.2) is 0 Å². The lowest BCUT2D eigenvalue weighted by Gasteiger charge is -2.16. The summed E-state index contributed by atoms with van der Waals surface area (Å²) in [6.07, 6.45) is 1.08. The number of nitrogens with one attached hydrogen (secondary N) is 1. The molecule has 1 heterocycles. The van der Waals surface area contributed by atoms with E-state index in [0.717, 1.165) is 19.5 Å². The monoisotopic (exact) mass is 212 g/mol. The van der Waals surface area contributed by atoms with Crippen LogP contribution in [0.5, 0.6) is 0 Å². The molecule has 0 saturated carbocycles. The van der Waals surface area contributed by atoms with Gasteiger partial charge in [-0.15, -0.1) is 5.10 Å². The van der Waals surface area contributed by atoms with Crippen LogP contribution in [-0.4, -0.2) is 30.3 Å². The third-order valence-electron chi connectivity index (χ3n) is 2.38. The Balaban J connectivity index is 2.72. The largest absolute Gasteiger partial charge is 0.406 e. The molecule has 1 N–H and O–H groups in total. The van der Waals surface area contributed by atoms with Gasteiger partial charge in [0, 0.05) is 13.1 Å². The fourth-order valence-electron chi connectivity index (χ4n) is 1.31. The summed E-state index contributed by atoms with van der Waals surface area (Å²) < 4.78 is 5.58. The SMILES string of the molecule is CCCN(CC)c1nnc(C(C)NC)o1. The van der Waals surface area contributed by atoms with Crippen LogP contribution in [0.2, 0.25) is 0 Å². The first-order valence-corrected chi connectivity index (χ1v) is 5.48. The van der Waals surface area contributed by atoms with Crippen LogP contribution < -0.4 is 10.2 Å². The Morgan fingerprint density at radius 3 is 2.67 bits per heavy atom. The Morgan fingerprint density at radius 1 is 1.40 bits per heavy atom. The third kappa shape index (κ3) is 2.92. The molecule has 1 aromatic heterocycles. The molecule has 15 heavy (non-hydrogen) atoms. The Bertz CT molecular complexity index is 287. The standard InChI is InChI=1S/C10H20N4O/c1-5-7-14(6-2)10-13-12-9(15-10)8(3)11-4/h8,11H,5-7H2,1-4H3. The van der Waals surface area contributed by atoms with Crippen LogP contribution in [0.1, 0.15) is 39.1 Å². The van der Waals surface area contributed by atoms with Gasteiger partial charge in [-0.05, 0) is 27.3 Å². The van der Waals surface area contributed by atoms with Gasteiger partial charge in [0.1, 0.15) is 0 Å². The van der Waals surface area contributed by atoms with Gasteiger partial charge in [0.05, 0.1) is 6.04 Å². The smallest absolute Gasteiger partial charge is 0.318 e. The van der Waals surface area contributed by atoms with E-state index in [1.165, 1.54) is 0 Å². The predicted octanol–water partition coefficient (Wildman–Crippen LogP) is 1.59. The molecule has 5 nitrogen and oxygen atoms in total. The molecule has 0 saturated heterocycles. The molecule has 5 heteroatoms. The van der Waals surface area contributed by atoms with Gasteiger partial charge in [-0.2, -0.15) is 0 Å².